The molecule has 6 radical (unpaired) electrons. The summed E-state index contributed by atoms with van der Waals surface area (Å²) in [6, 6.07) is 0. The zero-order chi connectivity index (χ0) is 0. The summed E-state index contributed by atoms with van der Waals surface area (Å²) in [6.45, 7) is 0. The van der Waals surface area contributed by atoms with Gasteiger partial charge >= 0.3 is 41.9 Å². The molecule has 0 rings (SSSR count). The summed E-state index contributed by atoms with van der Waals surface area (Å²) in [6.07, 6.45) is 0. The topological polar surface area (TPSA) is 0 Å². The average Bonchev–Trinajstić information content (AvgIpc) is 0. The van der Waals surface area contributed by atoms with Gasteiger partial charge in [0, 0.05) is 16.8 Å². The Kier molecular flexibility index (Phi) is 306. The first-order valence-corrected chi connectivity index (χ1v) is 0. The number of rotatable bonds is 0. The van der Waals surface area contributed by atoms with Crippen LogP contribution in [0.2, 0.25) is 0 Å². The van der Waals surface area contributed by atoms with Gasteiger partial charge in [-0.05, 0) is 0 Å². The first-order chi connectivity index (χ1) is 0. The van der Waals surface area contributed by atoms with Gasteiger partial charge in [-0.2, -0.15) is 0 Å². The largest absolute Gasteiger partial charge is 2.00 e. The molecule has 4 heteroatoms. The quantitative estimate of drug-likeness (QED) is 0.250. The molecule has 0 unspecified atom stereocenters. The van der Waals surface area contributed by atoms with E-state index in [1.165, 1.54) is 0 Å². The van der Waals surface area contributed by atoms with Crippen molar-refractivity contribution >= 4 is 39.9 Å². The van der Waals surface area contributed by atoms with Crippen LogP contribution in [0.25, 0.3) is 0 Å². The minimum atomic E-state index is 0. The maximum atomic E-state index is 0. The Labute approximate surface area is 63.0 Å². The van der Waals surface area contributed by atoms with Crippen molar-refractivity contribution in [1.29, 1.82) is 0 Å². The van der Waals surface area contributed by atoms with Crippen LogP contribution in [0.1, 0.15) is 4.28 Å². The Morgan fingerprint density at radius 2 is 1.00 bits per heavy atom. The third kappa shape index (κ3) is 9.74. The SMILES string of the molecule is [B].[B].[H-].[H-].[H-].[Li+].[Mg+2]. The van der Waals surface area contributed by atoms with Crippen LogP contribution in [0.3, 0.4) is 0 Å². The molecule has 0 aliphatic carbocycles. The Balaban J connectivity index is 0. The van der Waals surface area contributed by atoms with Gasteiger partial charge in [0.15, 0.2) is 0 Å². The number of hydrogen-bond acceptors (Lipinski definition) is 0. The summed E-state index contributed by atoms with van der Waals surface area (Å²) in [5.74, 6) is 0. The molecular weight excluding hydrogens is 52.9 g/mol. The van der Waals surface area contributed by atoms with E-state index < -0.39 is 0 Å². The van der Waals surface area contributed by atoms with Gasteiger partial charge in [-0.15, -0.1) is 0 Å². The van der Waals surface area contributed by atoms with E-state index in [1.807, 2.05) is 0 Å². The van der Waals surface area contributed by atoms with Gasteiger partial charge in [0.25, 0.3) is 0 Å². The predicted molar refractivity (Wildman–Crippen MR) is 20.6 cm³/mol. The van der Waals surface area contributed by atoms with Crippen molar-refractivity contribution in [3.8, 4) is 0 Å². The average molecular weight is 55.9 g/mol. The van der Waals surface area contributed by atoms with Crippen LogP contribution in [0.15, 0.2) is 0 Å². The maximum Gasteiger partial charge on any atom is 2.00 e. The molecular formula is H3B2LiMg. The second kappa shape index (κ2) is 24.6. The minimum Gasteiger partial charge on any atom is -1.00 e. The van der Waals surface area contributed by atoms with E-state index in [0.29, 0.717) is 0 Å². The molecule has 0 atom stereocenters. The van der Waals surface area contributed by atoms with Crippen LogP contribution in [0.4, 0.5) is 0 Å². The van der Waals surface area contributed by atoms with Crippen molar-refractivity contribution < 1.29 is 23.1 Å². The van der Waals surface area contributed by atoms with E-state index in [4.69, 9.17) is 0 Å². The van der Waals surface area contributed by atoms with Gasteiger partial charge in [0.1, 0.15) is 0 Å². The molecule has 0 saturated heterocycles. The van der Waals surface area contributed by atoms with Crippen LogP contribution < -0.4 is 18.9 Å². The molecule has 0 aliphatic rings. The molecule has 12 valence electrons. The van der Waals surface area contributed by atoms with Gasteiger partial charge in [0.2, 0.25) is 0 Å². The smallest absolute Gasteiger partial charge is 1.00 e. The second-order valence-electron chi connectivity index (χ2n) is 0. The summed E-state index contributed by atoms with van der Waals surface area (Å²) < 4.78 is 0. The molecule has 0 aliphatic heterocycles. The number of hydrogen-bond donors (Lipinski definition) is 0. The molecule has 0 N–H and O–H groups in total. The van der Waals surface area contributed by atoms with Crippen molar-refractivity contribution in [2.75, 3.05) is 0 Å². The van der Waals surface area contributed by atoms with Gasteiger partial charge < -0.3 is 4.28 Å². The van der Waals surface area contributed by atoms with Crippen molar-refractivity contribution in [2.24, 2.45) is 0 Å². The van der Waals surface area contributed by atoms with Gasteiger partial charge in [-0.1, -0.05) is 0 Å². The Bertz CT molecular complexity index is 12.9. The minimum absolute atomic E-state index is 0. The third-order valence-corrected chi connectivity index (χ3v) is 0. The van der Waals surface area contributed by atoms with Crippen LogP contribution >= 0.6 is 0 Å². The molecule has 0 heterocycles. The summed E-state index contributed by atoms with van der Waals surface area (Å²) in [5.41, 5.74) is 0. The van der Waals surface area contributed by atoms with Gasteiger partial charge in [-0.25, -0.2) is 0 Å². The first kappa shape index (κ1) is 49.7. The fraction of sp³-hybridized carbons (Fsp3) is 0. The van der Waals surface area contributed by atoms with Crippen LogP contribution in [-0.2, 0) is 0 Å². The Hall–Kier alpha value is 1.49. The molecule has 0 nitrogen and oxygen atoms in total. The van der Waals surface area contributed by atoms with Crippen LogP contribution in [0.5, 0.6) is 0 Å². The Morgan fingerprint density at radius 3 is 1.00 bits per heavy atom. The van der Waals surface area contributed by atoms with E-state index in [9.17, 15) is 0 Å². The van der Waals surface area contributed by atoms with Gasteiger partial charge in [0.05, 0.1) is 0 Å². The first-order valence-electron chi connectivity index (χ1n) is 0. The van der Waals surface area contributed by atoms with E-state index in [2.05, 4.69) is 0 Å². The normalized spacial score (nSPS) is 0. The second-order valence-corrected chi connectivity index (χ2v) is 0. The van der Waals surface area contributed by atoms with Crippen molar-refractivity contribution in [1.82, 2.24) is 0 Å². The standard InChI is InChI=1S/2B.Li.Mg.3H/q;;+1;+2;3*-1. The Morgan fingerprint density at radius 1 is 1.00 bits per heavy atom. The van der Waals surface area contributed by atoms with Crippen molar-refractivity contribution in [2.45, 2.75) is 0 Å². The zero-order valence-corrected chi connectivity index (χ0v) is 4.28. The molecule has 0 bridgehead atoms. The molecule has 4 heavy (non-hydrogen) atoms. The molecule has 0 fully saturated rings. The van der Waals surface area contributed by atoms with Crippen molar-refractivity contribution in [3.63, 3.8) is 0 Å². The van der Waals surface area contributed by atoms with E-state index in [0.717, 1.165) is 0 Å². The molecule has 0 spiro atoms. The fourth-order valence-corrected chi connectivity index (χ4v) is 0. The molecule has 0 aromatic carbocycles. The summed E-state index contributed by atoms with van der Waals surface area (Å²) in [4.78, 5) is 0. The maximum absolute atomic E-state index is 0. The van der Waals surface area contributed by atoms with E-state index in [1.54, 1.807) is 0 Å². The summed E-state index contributed by atoms with van der Waals surface area (Å²) in [7, 11) is 0. The van der Waals surface area contributed by atoms with Crippen LogP contribution in [0, 0.1) is 0 Å². The zero-order valence-electron chi connectivity index (χ0n) is 5.86. The molecule has 0 aromatic heterocycles. The van der Waals surface area contributed by atoms with Gasteiger partial charge in [-0.3, -0.25) is 0 Å². The third-order valence-electron chi connectivity index (χ3n) is 0. The fourth-order valence-electron chi connectivity index (χ4n) is 0. The molecule has 0 saturated carbocycles. The molecule has 0 aromatic rings. The molecule has 0 amide bonds. The summed E-state index contributed by atoms with van der Waals surface area (Å²) in [5, 5.41) is 0. The summed E-state index contributed by atoms with van der Waals surface area (Å²) >= 11 is 0. The van der Waals surface area contributed by atoms with Crippen LogP contribution in [-0.4, -0.2) is 39.9 Å². The predicted octanol–water partition coefficient (Wildman–Crippen LogP) is -3.80. The van der Waals surface area contributed by atoms with E-state index in [-0.39, 0.29) is 63.0 Å². The van der Waals surface area contributed by atoms with Crippen molar-refractivity contribution in [3.05, 3.63) is 0 Å². The van der Waals surface area contributed by atoms with E-state index >= 15 is 0 Å². The monoisotopic (exact) mass is 56.0 g/mol.